The van der Waals surface area contributed by atoms with Crippen molar-refractivity contribution < 1.29 is 19.7 Å². The van der Waals surface area contributed by atoms with E-state index >= 15 is 0 Å². The summed E-state index contributed by atoms with van der Waals surface area (Å²) in [4.78, 5) is 14.0. The molecule has 0 aliphatic carbocycles. The molecule has 0 saturated carbocycles. The van der Waals surface area contributed by atoms with E-state index in [-0.39, 0.29) is 5.91 Å². The van der Waals surface area contributed by atoms with Gasteiger partial charge in [0.15, 0.2) is 6.54 Å². The molecule has 4 N–H and O–H groups in total. The van der Waals surface area contributed by atoms with Gasteiger partial charge in [-0.1, -0.05) is 69.3 Å². The molecule has 1 aliphatic rings. The lowest BCUT2D eigenvalue weighted by Crippen LogP contribution is -3.12. The molecule has 31 heavy (non-hydrogen) atoms. The normalized spacial score (nSPS) is 15.7. The van der Waals surface area contributed by atoms with Crippen LogP contribution < -0.4 is 15.5 Å². The molecule has 0 aromatic heterocycles. The van der Waals surface area contributed by atoms with Crippen molar-refractivity contribution >= 4 is 5.91 Å². The maximum atomic E-state index is 12.4. The van der Waals surface area contributed by atoms with E-state index in [0.29, 0.717) is 25.0 Å². The van der Waals surface area contributed by atoms with E-state index in [1.807, 2.05) is 0 Å². The average molecular weight is 426 g/mol. The van der Waals surface area contributed by atoms with Crippen molar-refractivity contribution in [3.05, 3.63) is 70.8 Å². The minimum Gasteiger partial charge on any atom is -0.370 e. The number of hydrogen-bond acceptors (Lipinski definition) is 2. The molecule has 2 aromatic rings. The highest BCUT2D eigenvalue weighted by Gasteiger charge is 2.20. The van der Waals surface area contributed by atoms with E-state index in [2.05, 4.69) is 79.9 Å². The van der Waals surface area contributed by atoms with Crippen molar-refractivity contribution in [2.24, 2.45) is 5.92 Å². The summed E-state index contributed by atoms with van der Waals surface area (Å²) in [6.45, 7) is 12.5. The number of aryl methyl sites for hydroxylation is 1. The van der Waals surface area contributed by atoms with E-state index < -0.39 is 0 Å². The Morgan fingerprint density at radius 3 is 2.23 bits per heavy atom. The van der Waals surface area contributed by atoms with Crippen molar-refractivity contribution in [1.29, 1.82) is 0 Å². The molecule has 3 rings (SSSR count). The number of nitrogens with two attached hydrogens (primary N) is 1. The van der Waals surface area contributed by atoms with Crippen molar-refractivity contribution in [3.8, 4) is 0 Å². The molecule has 0 radical (unpaired) electrons. The van der Waals surface area contributed by atoms with Crippen LogP contribution in [0.15, 0.2) is 48.5 Å². The van der Waals surface area contributed by atoms with Crippen LogP contribution in [0.1, 0.15) is 49.1 Å². The van der Waals surface area contributed by atoms with E-state index in [9.17, 15) is 4.79 Å². The average Bonchev–Trinajstić information content (AvgIpc) is 2.79. The molecule has 1 saturated heterocycles. The molecule has 1 fully saturated rings. The van der Waals surface area contributed by atoms with Crippen LogP contribution in [0.2, 0.25) is 0 Å². The summed E-state index contributed by atoms with van der Waals surface area (Å²) in [6, 6.07) is 17.7. The van der Waals surface area contributed by atoms with Gasteiger partial charge in [-0.25, -0.2) is 0 Å². The number of nitrogens with one attached hydrogen (secondary N) is 2. The van der Waals surface area contributed by atoms with E-state index in [1.165, 1.54) is 16.7 Å². The van der Waals surface area contributed by atoms with Gasteiger partial charge in [0.1, 0.15) is 25.7 Å². The largest absolute Gasteiger partial charge is 0.370 e. The van der Waals surface area contributed by atoms with Crippen LogP contribution in [0.25, 0.3) is 0 Å². The number of carbonyl (C=O) groups excluding carboxylic acids is 1. The maximum Gasteiger partial charge on any atom is 0.275 e. The van der Waals surface area contributed by atoms with Crippen molar-refractivity contribution in [1.82, 2.24) is 5.32 Å². The molecule has 5 heteroatoms. The van der Waals surface area contributed by atoms with E-state index in [1.54, 1.807) is 4.90 Å². The summed E-state index contributed by atoms with van der Waals surface area (Å²) in [5, 5.41) is 5.23. The first-order valence-electron chi connectivity index (χ1n) is 11.7. The van der Waals surface area contributed by atoms with Crippen LogP contribution in [0.4, 0.5) is 0 Å². The number of quaternary nitrogens is 2. The lowest BCUT2D eigenvalue weighted by Gasteiger charge is -2.23. The molecule has 0 bridgehead atoms. The molecular weight excluding hydrogens is 386 g/mol. The van der Waals surface area contributed by atoms with Crippen LogP contribution in [0.3, 0.4) is 0 Å². The van der Waals surface area contributed by atoms with Gasteiger partial charge < -0.3 is 20.3 Å². The highest BCUT2D eigenvalue weighted by atomic mass is 16.5. The Morgan fingerprint density at radius 2 is 1.61 bits per heavy atom. The van der Waals surface area contributed by atoms with Gasteiger partial charge in [0, 0.05) is 23.6 Å². The predicted molar refractivity (Wildman–Crippen MR) is 124 cm³/mol. The second-order valence-electron chi connectivity index (χ2n) is 8.94. The van der Waals surface area contributed by atoms with E-state index in [4.69, 9.17) is 4.74 Å². The quantitative estimate of drug-likeness (QED) is 0.537. The monoisotopic (exact) mass is 425 g/mol. The van der Waals surface area contributed by atoms with Gasteiger partial charge in [-0.2, -0.15) is 0 Å². The zero-order valence-electron chi connectivity index (χ0n) is 19.3. The van der Waals surface area contributed by atoms with Gasteiger partial charge in [-0.3, -0.25) is 4.79 Å². The molecular formula is C26H39N3O2+2. The lowest BCUT2D eigenvalue weighted by atomic mass is 9.95. The summed E-state index contributed by atoms with van der Waals surface area (Å²) in [5.41, 5.74) is 5.12. The van der Waals surface area contributed by atoms with Crippen molar-refractivity contribution in [2.45, 2.75) is 46.3 Å². The minimum atomic E-state index is 0.0812. The first kappa shape index (κ1) is 23.5. The highest BCUT2D eigenvalue weighted by Crippen LogP contribution is 2.18. The van der Waals surface area contributed by atoms with Crippen LogP contribution >= 0.6 is 0 Å². The zero-order valence-corrected chi connectivity index (χ0v) is 19.3. The predicted octanol–water partition coefficient (Wildman–Crippen LogP) is 1.24. The Kier molecular flexibility index (Phi) is 9.07. The third-order valence-electron chi connectivity index (χ3n) is 6.21. The van der Waals surface area contributed by atoms with Crippen LogP contribution in [-0.4, -0.2) is 38.8 Å². The molecule has 5 nitrogen and oxygen atoms in total. The Hall–Kier alpha value is -2.21. The molecule has 1 amide bonds. The maximum absolute atomic E-state index is 12.4. The Balaban J connectivity index is 1.44. The second kappa shape index (κ2) is 12.0. The van der Waals surface area contributed by atoms with Gasteiger partial charge in [0.2, 0.25) is 0 Å². The molecule has 1 atom stereocenters. The molecule has 0 unspecified atom stereocenters. The number of hydrogen-bond donors (Lipinski definition) is 3. The fourth-order valence-corrected chi connectivity index (χ4v) is 4.18. The van der Waals surface area contributed by atoms with Crippen LogP contribution in [-0.2, 0) is 29.0 Å². The third kappa shape index (κ3) is 7.46. The lowest BCUT2D eigenvalue weighted by molar-refractivity contribution is -0.921. The molecule has 0 spiro atoms. The summed E-state index contributed by atoms with van der Waals surface area (Å²) in [7, 11) is 0. The van der Waals surface area contributed by atoms with Gasteiger partial charge in [-0.05, 0) is 17.5 Å². The Morgan fingerprint density at radius 1 is 1.00 bits per heavy atom. The standard InChI is InChI=1S/C26H37N3O2/c1-4-21-9-11-24(12-10-21)26(20(2)3)28-18-25(30)27-17-22-5-7-23(8-6-22)19-29-13-15-31-16-14-29/h5-12,20,26,28H,4,13-19H2,1-3H3,(H,27,30)/p+2/t26-/m1/s1. The fourth-order valence-electron chi connectivity index (χ4n) is 4.18. The third-order valence-corrected chi connectivity index (χ3v) is 6.21. The van der Waals surface area contributed by atoms with Crippen molar-refractivity contribution in [2.75, 3.05) is 32.8 Å². The van der Waals surface area contributed by atoms with Gasteiger partial charge in [-0.15, -0.1) is 0 Å². The number of amides is 1. The highest BCUT2D eigenvalue weighted by molar-refractivity contribution is 5.76. The molecule has 2 aromatic carbocycles. The smallest absolute Gasteiger partial charge is 0.275 e. The fraction of sp³-hybridized carbons (Fsp3) is 0.500. The number of carbonyl (C=O) groups is 1. The minimum absolute atomic E-state index is 0.0812. The van der Waals surface area contributed by atoms with Gasteiger partial charge in [0.05, 0.1) is 13.2 Å². The molecule has 1 heterocycles. The van der Waals surface area contributed by atoms with Gasteiger partial charge >= 0.3 is 0 Å². The van der Waals surface area contributed by atoms with Crippen molar-refractivity contribution in [3.63, 3.8) is 0 Å². The topological polar surface area (TPSA) is 59.4 Å². The Bertz CT molecular complexity index is 796. The number of rotatable bonds is 10. The number of morpholine rings is 1. The SMILES string of the molecule is CCc1ccc([C@H]([NH2+]CC(=O)NCc2ccc(C[NH+]3CCOCC3)cc2)C(C)C)cc1. The summed E-state index contributed by atoms with van der Waals surface area (Å²) in [5.74, 6) is 0.541. The second-order valence-corrected chi connectivity index (χ2v) is 8.94. The molecule has 1 aliphatic heterocycles. The van der Waals surface area contributed by atoms with E-state index in [0.717, 1.165) is 44.8 Å². The summed E-state index contributed by atoms with van der Waals surface area (Å²) >= 11 is 0. The zero-order chi connectivity index (χ0) is 22.1. The number of benzene rings is 2. The number of ether oxygens (including phenoxy) is 1. The first-order valence-corrected chi connectivity index (χ1v) is 11.7. The van der Waals surface area contributed by atoms with Crippen LogP contribution in [0, 0.1) is 5.92 Å². The van der Waals surface area contributed by atoms with Crippen LogP contribution in [0.5, 0.6) is 0 Å². The van der Waals surface area contributed by atoms with Gasteiger partial charge in [0.25, 0.3) is 5.91 Å². The molecule has 168 valence electrons. The first-order chi connectivity index (χ1) is 15.0. The summed E-state index contributed by atoms with van der Waals surface area (Å²) < 4.78 is 5.43. The Labute approximate surface area is 187 Å². The summed E-state index contributed by atoms with van der Waals surface area (Å²) in [6.07, 6.45) is 1.05.